The van der Waals surface area contributed by atoms with E-state index >= 15 is 0 Å². The average Bonchev–Trinajstić information content (AvgIpc) is 3.28. The summed E-state index contributed by atoms with van der Waals surface area (Å²) < 4.78 is 46.7. The number of thioether (sulfide) groups is 1. The molecule has 6 nitrogen and oxygen atoms in total. The van der Waals surface area contributed by atoms with Gasteiger partial charge in [-0.3, -0.25) is 9.36 Å². The van der Waals surface area contributed by atoms with Crippen LogP contribution in [0.4, 0.5) is 18.9 Å². The van der Waals surface area contributed by atoms with E-state index in [9.17, 15) is 18.0 Å². The Labute approximate surface area is 224 Å². The number of nitrogens with zero attached hydrogens (tertiary/aromatic N) is 3. The lowest BCUT2D eigenvalue weighted by molar-refractivity contribution is -0.137. The first-order chi connectivity index (χ1) is 17.7. The van der Waals surface area contributed by atoms with Crippen LogP contribution < -0.4 is 10.1 Å². The van der Waals surface area contributed by atoms with Crippen molar-refractivity contribution in [1.29, 1.82) is 0 Å². The Balaban J connectivity index is 1.58. The van der Waals surface area contributed by atoms with Crippen molar-refractivity contribution >= 4 is 46.6 Å². The van der Waals surface area contributed by atoms with Crippen LogP contribution in [-0.4, -0.2) is 33.0 Å². The zero-order valence-electron chi connectivity index (χ0n) is 19.2. The third-order valence-electron chi connectivity index (χ3n) is 5.03. The molecule has 1 aromatic heterocycles. The molecule has 3 aromatic carbocycles. The van der Waals surface area contributed by atoms with E-state index in [0.29, 0.717) is 28.4 Å². The molecule has 1 heterocycles. The van der Waals surface area contributed by atoms with E-state index in [4.69, 9.17) is 27.9 Å². The number of rotatable bonds is 8. The summed E-state index contributed by atoms with van der Waals surface area (Å²) in [4.78, 5) is 12.6. The number of carbonyl (C=O) groups is 1. The number of benzene rings is 3. The van der Waals surface area contributed by atoms with E-state index in [1.165, 1.54) is 6.07 Å². The van der Waals surface area contributed by atoms with Crippen LogP contribution in [0.1, 0.15) is 12.5 Å². The molecule has 0 radical (unpaired) electrons. The summed E-state index contributed by atoms with van der Waals surface area (Å²) in [5.74, 6) is 0.577. The lowest BCUT2D eigenvalue weighted by Crippen LogP contribution is -2.15. The molecule has 0 unspecified atom stereocenters. The van der Waals surface area contributed by atoms with Crippen LogP contribution in [-0.2, 0) is 11.0 Å². The number of anilines is 1. The summed E-state index contributed by atoms with van der Waals surface area (Å²) in [6, 6.07) is 17.6. The third-order valence-corrected chi connectivity index (χ3v) is 6.54. The van der Waals surface area contributed by atoms with Crippen LogP contribution in [0, 0.1) is 0 Å². The Hall–Kier alpha value is -3.21. The van der Waals surface area contributed by atoms with Gasteiger partial charge in [-0.15, -0.1) is 10.2 Å². The molecule has 1 N–H and O–H groups in total. The summed E-state index contributed by atoms with van der Waals surface area (Å²) in [6.07, 6.45) is -4.64. The van der Waals surface area contributed by atoms with Crippen molar-refractivity contribution in [3.05, 3.63) is 82.3 Å². The standard InChI is InChI=1S/C25H19Cl2F3N4O2S/c1-2-36-19-10-8-18(9-11-19)34-23(15-3-5-16(26)6-4-15)32-33-24(34)37-14-22(35)31-17-7-12-21(27)20(13-17)25(28,29)30/h3-13H,2,14H2,1H3,(H,31,35). The maximum atomic E-state index is 13.1. The number of carbonyl (C=O) groups excluding carboxylic acids is 1. The van der Waals surface area contributed by atoms with Crippen molar-refractivity contribution in [3.63, 3.8) is 0 Å². The number of aromatic nitrogens is 3. The molecule has 0 aliphatic rings. The number of nitrogens with one attached hydrogen (secondary N) is 1. The smallest absolute Gasteiger partial charge is 0.417 e. The summed E-state index contributed by atoms with van der Waals surface area (Å²) >= 11 is 12.8. The quantitative estimate of drug-likeness (QED) is 0.225. The van der Waals surface area contributed by atoms with Gasteiger partial charge in [0.1, 0.15) is 5.75 Å². The van der Waals surface area contributed by atoms with E-state index in [2.05, 4.69) is 15.5 Å². The summed E-state index contributed by atoms with van der Waals surface area (Å²) in [5.41, 5.74) is 0.441. The minimum absolute atomic E-state index is 0.0165. The first kappa shape index (κ1) is 26.8. The molecule has 4 rings (SSSR count). The fraction of sp³-hybridized carbons (Fsp3) is 0.160. The van der Waals surface area contributed by atoms with Gasteiger partial charge in [0.25, 0.3) is 0 Å². The second-order valence-corrected chi connectivity index (χ2v) is 9.39. The number of hydrogen-bond acceptors (Lipinski definition) is 5. The summed E-state index contributed by atoms with van der Waals surface area (Å²) in [6.45, 7) is 2.41. The largest absolute Gasteiger partial charge is 0.494 e. The minimum Gasteiger partial charge on any atom is -0.494 e. The van der Waals surface area contributed by atoms with Gasteiger partial charge in [-0.05, 0) is 73.7 Å². The Bertz CT molecular complexity index is 1390. The number of hydrogen-bond donors (Lipinski definition) is 1. The second kappa shape index (κ2) is 11.5. The number of alkyl halides is 3. The topological polar surface area (TPSA) is 69.0 Å². The van der Waals surface area contributed by atoms with Gasteiger partial charge < -0.3 is 10.1 Å². The van der Waals surface area contributed by atoms with Crippen molar-refractivity contribution in [3.8, 4) is 22.8 Å². The SMILES string of the molecule is CCOc1ccc(-n2c(SCC(=O)Nc3ccc(Cl)c(C(F)(F)F)c3)nnc2-c2ccc(Cl)cc2)cc1. The molecule has 12 heteroatoms. The van der Waals surface area contributed by atoms with E-state index < -0.39 is 22.7 Å². The van der Waals surface area contributed by atoms with Crippen molar-refractivity contribution < 1.29 is 22.7 Å². The Morgan fingerprint density at radius 3 is 2.38 bits per heavy atom. The highest BCUT2D eigenvalue weighted by atomic mass is 35.5. The van der Waals surface area contributed by atoms with E-state index in [1.54, 1.807) is 28.8 Å². The minimum atomic E-state index is -4.64. The number of amides is 1. The number of ether oxygens (including phenoxy) is 1. The second-order valence-electron chi connectivity index (χ2n) is 7.60. The van der Waals surface area contributed by atoms with Gasteiger partial charge in [-0.1, -0.05) is 35.0 Å². The Kier molecular flexibility index (Phi) is 8.31. The Morgan fingerprint density at radius 1 is 1.03 bits per heavy atom. The average molecular weight is 567 g/mol. The van der Waals surface area contributed by atoms with Crippen molar-refractivity contribution in [2.45, 2.75) is 18.3 Å². The van der Waals surface area contributed by atoms with Gasteiger partial charge >= 0.3 is 6.18 Å². The molecule has 0 saturated heterocycles. The number of halogens is 5. The monoisotopic (exact) mass is 566 g/mol. The van der Waals surface area contributed by atoms with Gasteiger partial charge in [-0.25, -0.2) is 0 Å². The van der Waals surface area contributed by atoms with E-state index in [1.807, 2.05) is 31.2 Å². The zero-order valence-corrected chi connectivity index (χ0v) is 21.5. The third kappa shape index (κ3) is 6.57. The van der Waals surface area contributed by atoms with E-state index in [0.717, 1.165) is 35.1 Å². The van der Waals surface area contributed by atoms with E-state index in [-0.39, 0.29) is 11.4 Å². The maximum Gasteiger partial charge on any atom is 0.417 e. The molecule has 0 spiro atoms. The van der Waals surface area contributed by atoms with Crippen LogP contribution in [0.2, 0.25) is 10.0 Å². The maximum absolute atomic E-state index is 13.1. The van der Waals surface area contributed by atoms with Crippen LogP contribution in [0.15, 0.2) is 71.9 Å². The molecule has 4 aromatic rings. The van der Waals surface area contributed by atoms with Gasteiger partial charge in [0.05, 0.1) is 22.9 Å². The molecule has 0 saturated carbocycles. The molecule has 0 atom stereocenters. The molecule has 1 amide bonds. The van der Waals surface area contributed by atoms with Gasteiger partial charge in [0, 0.05) is 22.0 Å². The molecule has 0 bridgehead atoms. The van der Waals surface area contributed by atoms with Crippen molar-refractivity contribution in [2.75, 3.05) is 17.7 Å². The van der Waals surface area contributed by atoms with Crippen molar-refractivity contribution in [1.82, 2.24) is 14.8 Å². The highest BCUT2D eigenvalue weighted by Gasteiger charge is 2.33. The fourth-order valence-electron chi connectivity index (χ4n) is 3.39. The highest BCUT2D eigenvalue weighted by Crippen LogP contribution is 2.36. The fourth-order valence-corrected chi connectivity index (χ4v) is 4.49. The normalized spacial score (nSPS) is 11.4. The van der Waals surface area contributed by atoms with Gasteiger partial charge in [0.2, 0.25) is 5.91 Å². The predicted octanol–water partition coefficient (Wildman–Crippen LogP) is 7.39. The van der Waals surface area contributed by atoms with Crippen molar-refractivity contribution in [2.24, 2.45) is 0 Å². The molecule has 0 aliphatic heterocycles. The first-order valence-corrected chi connectivity index (χ1v) is 12.6. The highest BCUT2D eigenvalue weighted by molar-refractivity contribution is 7.99. The Morgan fingerprint density at radius 2 is 1.73 bits per heavy atom. The van der Waals surface area contributed by atoms with Crippen LogP contribution in [0.5, 0.6) is 5.75 Å². The zero-order chi connectivity index (χ0) is 26.6. The summed E-state index contributed by atoms with van der Waals surface area (Å²) in [7, 11) is 0. The van der Waals surface area contributed by atoms with Gasteiger partial charge in [0.15, 0.2) is 11.0 Å². The first-order valence-electron chi connectivity index (χ1n) is 10.9. The lowest BCUT2D eigenvalue weighted by Gasteiger charge is -2.13. The molecule has 192 valence electrons. The molecular weight excluding hydrogens is 548 g/mol. The summed E-state index contributed by atoms with van der Waals surface area (Å²) in [5, 5.41) is 11.6. The van der Waals surface area contributed by atoms with Gasteiger partial charge in [-0.2, -0.15) is 13.2 Å². The van der Waals surface area contributed by atoms with Crippen LogP contribution in [0.3, 0.4) is 0 Å². The molecule has 37 heavy (non-hydrogen) atoms. The molecule has 0 fully saturated rings. The van der Waals surface area contributed by atoms with Crippen LogP contribution >= 0.6 is 35.0 Å². The lowest BCUT2D eigenvalue weighted by atomic mass is 10.2. The van der Waals surface area contributed by atoms with Crippen LogP contribution in [0.25, 0.3) is 17.1 Å². The predicted molar refractivity (Wildman–Crippen MR) is 139 cm³/mol. The molecular formula is C25H19Cl2F3N4O2S. The molecule has 0 aliphatic carbocycles.